The Kier molecular flexibility index (Phi) is 5.93. The molecule has 1 aromatic carbocycles. The maximum absolute atomic E-state index is 12.4. The van der Waals surface area contributed by atoms with E-state index in [1.165, 1.54) is 0 Å². The summed E-state index contributed by atoms with van der Waals surface area (Å²) < 4.78 is 1.91. The maximum Gasteiger partial charge on any atom is 0.317 e. The third-order valence-electron chi connectivity index (χ3n) is 4.55. The summed E-state index contributed by atoms with van der Waals surface area (Å²) >= 11 is 0. The van der Waals surface area contributed by atoms with Crippen molar-refractivity contribution in [1.29, 1.82) is 0 Å². The molecule has 0 radical (unpaired) electrons. The van der Waals surface area contributed by atoms with Gasteiger partial charge in [-0.2, -0.15) is 0 Å². The van der Waals surface area contributed by atoms with Crippen LogP contribution in [0, 0.1) is 6.92 Å². The molecule has 3 aromatic rings. The number of hydrogen-bond donors (Lipinski definition) is 1. The smallest absolute Gasteiger partial charge is 0.317 e. The molecule has 3 rings (SSSR count). The monoisotopic (exact) mass is 378 g/mol. The van der Waals surface area contributed by atoms with Gasteiger partial charge in [-0.3, -0.25) is 4.57 Å². The molecule has 2 heterocycles. The summed E-state index contributed by atoms with van der Waals surface area (Å²) in [6.07, 6.45) is 5.35. The average molecular weight is 378 g/mol. The van der Waals surface area contributed by atoms with E-state index < -0.39 is 0 Å². The highest BCUT2D eigenvalue weighted by molar-refractivity contribution is 5.73. The predicted octanol–water partition coefficient (Wildman–Crippen LogP) is 2.98. The van der Waals surface area contributed by atoms with Crippen LogP contribution in [0.15, 0.2) is 55.0 Å². The van der Waals surface area contributed by atoms with Gasteiger partial charge in [-0.1, -0.05) is 12.1 Å². The molecule has 7 heteroatoms. The van der Waals surface area contributed by atoms with E-state index >= 15 is 0 Å². The number of nitrogens with one attached hydrogen (secondary N) is 1. The summed E-state index contributed by atoms with van der Waals surface area (Å²) in [6.45, 7) is 2.91. The normalized spacial score (nSPS) is 10.6. The van der Waals surface area contributed by atoms with Gasteiger partial charge in [0.2, 0.25) is 0 Å². The van der Waals surface area contributed by atoms with Gasteiger partial charge < -0.3 is 15.1 Å². The highest BCUT2D eigenvalue weighted by Gasteiger charge is 2.10. The molecule has 0 bridgehead atoms. The largest absolute Gasteiger partial charge is 0.378 e. The van der Waals surface area contributed by atoms with Crippen LogP contribution >= 0.6 is 0 Å². The molecular weight excluding hydrogens is 352 g/mol. The number of imidazole rings is 1. The Morgan fingerprint density at radius 1 is 1.04 bits per heavy atom. The number of aromatic nitrogens is 3. The zero-order valence-corrected chi connectivity index (χ0v) is 16.8. The molecule has 0 spiro atoms. The Labute approximate surface area is 165 Å². The molecule has 0 saturated heterocycles. The van der Waals surface area contributed by atoms with Crippen LogP contribution in [0.4, 0.5) is 10.5 Å². The minimum atomic E-state index is -0.117. The van der Waals surface area contributed by atoms with Crippen molar-refractivity contribution >= 4 is 11.7 Å². The number of aryl methyl sites for hydroxylation is 1. The van der Waals surface area contributed by atoms with Crippen molar-refractivity contribution in [3.05, 3.63) is 71.9 Å². The lowest BCUT2D eigenvalue weighted by Crippen LogP contribution is -2.36. The molecule has 7 nitrogen and oxygen atoms in total. The molecule has 146 valence electrons. The summed E-state index contributed by atoms with van der Waals surface area (Å²) in [7, 11) is 5.81. The molecule has 0 atom stereocenters. The quantitative estimate of drug-likeness (QED) is 0.716. The number of amides is 2. The number of carbonyl (C=O) groups is 1. The van der Waals surface area contributed by atoms with Gasteiger partial charge in [0.25, 0.3) is 0 Å². The Hall–Kier alpha value is -3.35. The second kappa shape index (κ2) is 8.56. The molecule has 1 N–H and O–H groups in total. The first kappa shape index (κ1) is 19.4. The number of nitrogens with zero attached hydrogens (tertiary/aromatic N) is 5. The standard InChI is InChI=1S/C21H26N6O/c1-16-22-11-12-27(16)20-13-18(9-10-23-20)14-24-21(28)26(4)15-17-5-7-19(8-6-17)25(2)3/h5-13H,14-15H2,1-4H3,(H,24,28). The molecule has 28 heavy (non-hydrogen) atoms. The van der Waals surface area contributed by atoms with Gasteiger partial charge >= 0.3 is 6.03 Å². The van der Waals surface area contributed by atoms with Crippen LogP contribution in [-0.4, -0.2) is 46.6 Å². The average Bonchev–Trinajstić information content (AvgIpc) is 3.12. The van der Waals surface area contributed by atoms with E-state index in [0.717, 1.165) is 28.5 Å². The molecule has 0 saturated carbocycles. The first-order chi connectivity index (χ1) is 13.4. The van der Waals surface area contributed by atoms with E-state index in [1.54, 1.807) is 24.3 Å². The van der Waals surface area contributed by atoms with E-state index in [9.17, 15) is 4.79 Å². The van der Waals surface area contributed by atoms with Crippen LogP contribution in [-0.2, 0) is 13.1 Å². The summed E-state index contributed by atoms with van der Waals surface area (Å²) in [4.78, 5) is 24.8. The Balaban J connectivity index is 1.57. The fourth-order valence-electron chi connectivity index (χ4n) is 2.88. The number of rotatable bonds is 6. The molecule has 0 unspecified atom stereocenters. The van der Waals surface area contributed by atoms with Crippen molar-refractivity contribution in [3.63, 3.8) is 0 Å². The van der Waals surface area contributed by atoms with E-state index in [2.05, 4.69) is 32.3 Å². The van der Waals surface area contributed by atoms with E-state index in [4.69, 9.17) is 0 Å². The number of pyridine rings is 1. The van der Waals surface area contributed by atoms with Crippen molar-refractivity contribution in [2.75, 3.05) is 26.0 Å². The number of hydrogen-bond acceptors (Lipinski definition) is 4. The number of benzene rings is 1. The fraction of sp³-hybridized carbons (Fsp3) is 0.286. The van der Waals surface area contributed by atoms with Crippen molar-refractivity contribution in [1.82, 2.24) is 24.8 Å². The number of urea groups is 1. The highest BCUT2D eigenvalue weighted by Crippen LogP contribution is 2.14. The van der Waals surface area contributed by atoms with Crippen molar-refractivity contribution in [2.24, 2.45) is 0 Å². The molecule has 2 aromatic heterocycles. The lowest BCUT2D eigenvalue weighted by Gasteiger charge is -2.19. The summed E-state index contributed by atoms with van der Waals surface area (Å²) in [6, 6.07) is 11.9. The maximum atomic E-state index is 12.4. The van der Waals surface area contributed by atoms with Gasteiger partial charge in [0.05, 0.1) is 0 Å². The SMILES string of the molecule is Cc1nccn1-c1cc(CNC(=O)N(C)Cc2ccc(N(C)C)cc2)ccn1. The van der Waals surface area contributed by atoms with Crippen LogP contribution < -0.4 is 10.2 Å². The Bertz CT molecular complexity index is 932. The summed E-state index contributed by atoms with van der Waals surface area (Å²) in [5.74, 6) is 1.66. The van der Waals surface area contributed by atoms with Crippen molar-refractivity contribution in [2.45, 2.75) is 20.0 Å². The second-order valence-corrected chi connectivity index (χ2v) is 6.94. The molecule has 0 aliphatic heterocycles. The van der Waals surface area contributed by atoms with E-state index in [1.807, 2.05) is 56.0 Å². The third kappa shape index (κ3) is 4.68. The number of carbonyl (C=O) groups excluding carboxylic acids is 1. The molecule has 0 fully saturated rings. The Morgan fingerprint density at radius 2 is 1.79 bits per heavy atom. The molecular formula is C21H26N6O. The zero-order chi connectivity index (χ0) is 20.1. The fourth-order valence-corrected chi connectivity index (χ4v) is 2.88. The lowest BCUT2D eigenvalue weighted by atomic mass is 10.2. The van der Waals surface area contributed by atoms with Crippen LogP contribution in [0.5, 0.6) is 0 Å². The van der Waals surface area contributed by atoms with Crippen molar-refractivity contribution in [3.8, 4) is 5.82 Å². The van der Waals surface area contributed by atoms with Gasteiger partial charge in [0.15, 0.2) is 0 Å². The van der Waals surface area contributed by atoms with Crippen LogP contribution in [0.3, 0.4) is 0 Å². The summed E-state index contributed by atoms with van der Waals surface area (Å²) in [5, 5.41) is 2.96. The summed E-state index contributed by atoms with van der Waals surface area (Å²) in [5.41, 5.74) is 3.21. The lowest BCUT2D eigenvalue weighted by molar-refractivity contribution is 0.206. The van der Waals surface area contributed by atoms with E-state index in [-0.39, 0.29) is 6.03 Å². The molecule has 2 amide bonds. The van der Waals surface area contributed by atoms with Crippen LogP contribution in [0.2, 0.25) is 0 Å². The van der Waals surface area contributed by atoms with Crippen molar-refractivity contribution < 1.29 is 4.79 Å². The Morgan fingerprint density at radius 3 is 2.43 bits per heavy atom. The van der Waals surface area contributed by atoms with Gasteiger partial charge in [0, 0.05) is 58.5 Å². The minimum absolute atomic E-state index is 0.117. The van der Waals surface area contributed by atoms with Gasteiger partial charge in [0.1, 0.15) is 11.6 Å². The second-order valence-electron chi connectivity index (χ2n) is 6.94. The first-order valence-electron chi connectivity index (χ1n) is 9.14. The van der Waals surface area contributed by atoms with Gasteiger partial charge in [-0.25, -0.2) is 14.8 Å². The van der Waals surface area contributed by atoms with Gasteiger partial charge in [-0.05, 0) is 42.3 Å². The molecule has 0 aliphatic carbocycles. The number of anilines is 1. The van der Waals surface area contributed by atoms with Gasteiger partial charge in [-0.15, -0.1) is 0 Å². The predicted molar refractivity (Wildman–Crippen MR) is 111 cm³/mol. The third-order valence-corrected chi connectivity index (χ3v) is 4.55. The minimum Gasteiger partial charge on any atom is -0.378 e. The highest BCUT2D eigenvalue weighted by atomic mass is 16.2. The zero-order valence-electron chi connectivity index (χ0n) is 16.8. The molecule has 0 aliphatic rings. The van der Waals surface area contributed by atoms with Crippen LogP contribution in [0.25, 0.3) is 5.82 Å². The van der Waals surface area contributed by atoms with E-state index in [0.29, 0.717) is 13.1 Å². The van der Waals surface area contributed by atoms with Crippen LogP contribution in [0.1, 0.15) is 17.0 Å². The first-order valence-corrected chi connectivity index (χ1v) is 9.14. The topological polar surface area (TPSA) is 66.3 Å².